The van der Waals surface area contributed by atoms with Crippen molar-refractivity contribution in [2.24, 2.45) is 7.05 Å². The van der Waals surface area contributed by atoms with E-state index in [2.05, 4.69) is 16.5 Å². The van der Waals surface area contributed by atoms with E-state index in [0.717, 1.165) is 61.6 Å². The second kappa shape index (κ2) is 8.33. The van der Waals surface area contributed by atoms with Gasteiger partial charge < -0.3 is 10.2 Å². The summed E-state index contributed by atoms with van der Waals surface area (Å²) in [5, 5.41) is 8.28. The first-order valence-electron chi connectivity index (χ1n) is 9.93. The third kappa shape index (κ3) is 4.23. The second-order valence-corrected chi connectivity index (χ2v) is 9.43. The summed E-state index contributed by atoms with van der Waals surface area (Å²) in [6.45, 7) is 2.56. The quantitative estimate of drug-likeness (QED) is 0.840. The summed E-state index contributed by atoms with van der Waals surface area (Å²) in [5.74, 6) is 0.124. The van der Waals surface area contributed by atoms with Crippen LogP contribution in [0.25, 0.3) is 0 Å². The van der Waals surface area contributed by atoms with E-state index in [4.69, 9.17) is 11.6 Å². The minimum atomic E-state index is 0.124. The fourth-order valence-corrected chi connectivity index (χ4v) is 5.29. The molecular formula is C20H27ClN4OS. The standard InChI is InChI=1S/C20H27ClN4OS/c1-24-17-8-6-14(22-13-15-7-9-18(21)27-15)12-16(17)19(23-24)20(26)25-10-4-2-3-5-11-25/h7,9,14,22H,2-6,8,10-13H2,1H3. The van der Waals surface area contributed by atoms with Crippen molar-refractivity contribution in [2.45, 2.75) is 57.5 Å². The average Bonchev–Trinajstić information content (AvgIpc) is 3.10. The third-order valence-electron chi connectivity index (χ3n) is 5.74. The number of halogens is 1. The summed E-state index contributed by atoms with van der Waals surface area (Å²) in [7, 11) is 1.97. The average molecular weight is 407 g/mol. The Kier molecular flexibility index (Phi) is 5.85. The molecule has 2 aromatic heterocycles. The maximum Gasteiger partial charge on any atom is 0.274 e. The van der Waals surface area contributed by atoms with Gasteiger partial charge >= 0.3 is 0 Å². The summed E-state index contributed by atoms with van der Waals surface area (Å²) < 4.78 is 2.76. The number of nitrogens with zero attached hydrogens (tertiary/aromatic N) is 3. The van der Waals surface area contributed by atoms with Gasteiger partial charge in [0, 0.05) is 48.9 Å². The lowest BCUT2D eigenvalue weighted by molar-refractivity contribution is 0.0753. The van der Waals surface area contributed by atoms with Crippen molar-refractivity contribution in [3.63, 3.8) is 0 Å². The van der Waals surface area contributed by atoms with E-state index in [-0.39, 0.29) is 5.91 Å². The Bertz CT molecular complexity index is 807. The number of fused-ring (bicyclic) bond motifs is 1. The van der Waals surface area contributed by atoms with Crippen molar-refractivity contribution in [3.05, 3.63) is 38.3 Å². The molecule has 27 heavy (non-hydrogen) atoms. The van der Waals surface area contributed by atoms with Crippen LogP contribution in [-0.2, 0) is 26.4 Å². The number of carbonyl (C=O) groups is 1. The molecule has 1 unspecified atom stereocenters. The van der Waals surface area contributed by atoms with Crippen molar-refractivity contribution in [1.29, 1.82) is 0 Å². The van der Waals surface area contributed by atoms with Gasteiger partial charge in [-0.2, -0.15) is 5.10 Å². The maximum absolute atomic E-state index is 13.1. The van der Waals surface area contributed by atoms with Crippen molar-refractivity contribution in [3.8, 4) is 0 Å². The molecule has 1 aliphatic carbocycles. The smallest absolute Gasteiger partial charge is 0.274 e. The molecule has 2 aliphatic rings. The molecule has 0 saturated carbocycles. The molecule has 7 heteroatoms. The van der Waals surface area contributed by atoms with Gasteiger partial charge in [0.15, 0.2) is 5.69 Å². The Morgan fingerprint density at radius 1 is 1.30 bits per heavy atom. The van der Waals surface area contributed by atoms with Crippen LogP contribution in [0.1, 0.15) is 58.7 Å². The van der Waals surface area contributed by atoms with Crippen LogP contribution in [0, 0.1) is 0 Å². The molecular weight excluding hydrogens is 380 g/mol. The maximum atomic E-state index is 13.1. The molecule has 3 heterocycles. The van der Waals surface area contributed by atoms with Crippen molar-refractivity contribution in [1.82, 2.24) is 20.0 Å². The summed E-state index contributed by atoms with van der Waals surface area (Å²) in [6.07, 6.45) is 7.57. The lowest BCUT2D eigenvalue weighted by Crippen LogP contribution is -2.36. The number of rotatable bonds is 4. The zero-order valence-corrected chi connectivity index (χ0v) is 17.4. The number of amides is 1. The number of aromatic nitrogens is 2. The Balaban J connectivity index is 1.47. The number of hydrogen-bond acceptors (Lipinski definition) is 4. The molecule has 4 rings (SSSR count). The van der Waals surface area contributed by atoms with Crippen LogP contribution in [0.5, 0.6) is 0 Å². The first-order chi connectivity index (χ1) is 13.1. The predicted molar refractivity (Wildman–Crippen MR) is 110 cm³/mol. The molecule has 1 N–H and O–H groups in total. The van der Waals surface area contributed by atoms with Crippen LogP contribution in [-0.4, -0.2) is 39.7 Å². The van der Waals surface area contributed by atoms with E-state index in [1.54, 1.807) is 11.3 Å². The lowest BCUT2D eigenvalue weighted by atomic mass is 9.91. The molecule has 1 amide bonds. The molecule has 1 aliphatic heterocycles. The van der Waals surface area contributed by atoms with E-state index < -0.39 is 0 Å². The second-order valence-electron chi connectivity index (χ2n) is 7.63. The van der Waals surface area contributed by atoms with Gasteiger partial charge in [0.25, 0.3) is 5.91 Å². The van der Waals surface area contributed by atoms with Gasteiger partial charge in [-0.05, 0) is 44.2 Å². The minimum absolute atomic E-state index is 0.124. The van der Waals surface area contributed by atoms with Gasteiger partial charge in [-0.25, -0.2) is 0 Å². The number of aryl methyl sites for hydroxylation is 1. The van der Waals surface area contributed by atoms with Crippen LogP contribution < -0.4 is 5.32 Å². The van der Waals surface area contributed by atoms with Crippen LogP contribution in [0.3, 0.4) is 0 Å². The molecule has 146 valence electrons. The highest BCUT2D eigenvalue weighted by atomic mass is 35.5. The van der Waals surface area contributed by atoms with E-state index in [9.17, 15) is 4.79 Å². The van der Waals surface area contributed by atoms with Gasteiger partial charge in [-0.15, -0.1) is 11.3 Å². The van der Waals surface area contributed by atoms with Gasteiger partial charge in [0.1, 0.15) is 0 Å². The Labute approximate surface area is 169 Å². The monoisotopic (exact) mass is 406 g/mol. The largest absolute Gasteiger partial charge is 0.337 e. The third-order valence-corrected chi connectivity index (χ3v) is 6.98. The normalized spacial score (nSPS) is 20.4. The van der Waals surface area contributed by atoms with E-state index in [1.165, 1.54) is 23.4 Å². The highest BCUT2D eigenvalue weighted by molar-refractivity contribution is 7.16. The van der Waals surface area contributed by atoms with Gasteiger partial charge in [0.05, 0.1) is 4.34 Å². The number of nitrogens with one attached hydrogen (secondary N) is 1. The minimum Gasteiger partial charge on any atom is -0.337 e. The fraction of sp³-hybridized carbons (Fsp3) is 0.600. The number of likely N-dealkylation sites (tertiary alicyclic amines) is 1. The molecule has 0 aromatic carbocycles. The van der Waals surface area contributed by atoms with Crippen molar-refractivity contribution < 1.29 is 4.79 Å². The molecule has 1 fully saturated rings. The first kappa shape index (κ1) is 19.0. The highest BCUT2D eigenvalue weighted by Gasteiger charge is 2.30. The van der Waals surface area contributed by atoms with Crippen LogP contribution >= 0.6 is 22.9 Å². The van der Waals surface area contributed by atoms with Gasteiger partial charge in [0.2, 0.25) is 0 Å². The van der Waals surface area contributed by atoms with Crippen molar-refractivity contribution >= 4 is 28.8 Å². The van der Waals surface area contributed by atoms with Crippen LogP contribution in [0.2, 0.25) is 4.34 Å². The number of carbonyl (C=O) groups excluding carboxylic acids is 1. The summed E-state index contributed by atoms with van der Waals surface area (Å²) >= 11 is 7.65. The predicted octanol–water partition coefficient (Wildman–Crippen LogP) is 3.80. The molecule has 2 aromatic rings. The zero-order chi connectivity index (χ0) is 18.8. The van der Waals surface area contributed by atoms with Crippen molar-refractivity contribution in [2.75, 3.05) is 13.1 Å². The van der Waals surface area contributed by atoms with E-state index in [1.807, 2.05) is 22.7 Å². The molecule has 1 atom stereocenters. The van der Waals surface area contributed by atoms with E-state index in [0.29, 0.717) is 11.7 Å². The Morgan fingerprint density at radius 3 is 2.78 bits per heavy atom. The topological polar surface area (TPSA) is 50.2 Å². The summed E-state index contributed by atoms with van der Waals surface area (Å²) in [4.78, 5) is 16.4. The molecule has 0 radical (unpaired) electrons. The molecule has 0 spiro atoms. The summed E-state index contributed by atoms with van der Waals surface area (Å²) in [5.41, 5.74) is 3.06. The van der Waals surface area contributed by atoms with Crippen LogP contribution in [0.15, 0.2) is 12.1 Å². The Morgan fingerprint density at radius 2 is 2.07 bits per heavy atom. The lowest BCUT2D eigenvalue weighted by Gasteiger charge is -2.25. The number of thiophene rings is 1. The first-order valence-corrected chi connectivity index (χ1v) is 11.1. The van der Waals surface area contributed by atoms with Crippen LogP contribution in [0.4, 0.5) is 0 Å². The number of hydrogen-bond donors (Lipinski definition) is 1. The molecule has 5 nitrogen and oxygen atoms in total. The van der Waals surface area contributed by atoms with Gasteiger partial charge in [-0.3, -0.25) is 9.48 Å². The fourth-order valence-electron chi connectivity index (χ4n) is 4.25. The van der Waals surface area contributed by atoms with E-state index >= 15 is 0 Å². The Hall–Kier alpha value is -1.37. The molecule has 1 saturated heterocycles. The van der Waals surface area contributed by atoms with Gasteiger partial charge in [-0.1, -0.05) is 24.4 Å². The highest BCUT2D eigenvalue weighted by Crippen LogP contribution is 2.27. The SMILES string of the molecule is Cn1nc(C(=O)N2CCCCCC2)c2c1CCC(NCc1ccc(Cl)s1)C2. The summed E-state index contributed by atoms with van der Waals surface area (Å²) in [6, 6.07) is 4.40. The zero-order valence-electron chi connectivity index (χ0n) is 15.8. The molecule has 0 bridgehead atoms.